The SMILES string of the molecule is [B]C1(C(C)(C)CC(C)(C)C)CCCCCCC(C)(C(C)C)CCCCC1. The Morgan fingerprint density at radius 1 is 0.731 bits per heavy atom. The molecule has 26 heavy (non-hydrogen) atoms. The van der Waals surface area contributed by atoms with Crippen molar-refractivity contribution in [2.24, 2.45) is 22.2 Å². The Kier molecular flexibility index (Phi) is 8.82. The molecule has 0 aromatic carbocycles. The van der Waals surface area contributed by atoms with Crippen LogP contribution in [0.3, 0.4) is 0 Å². The summed E-state index contributed by atoms with van der Waals surface area (Å²) in [6, 6.07) is 0. The van der Waals surface area contributed by atoms with Crippen molar-refractivity contribution in [3.63, 3.8) is 0 Å². The van der Waals surface area contributed by atoms with Crippen LogP contribution in [0.25, 0.3) is 0 Å². The molecule has 1 rings (SSSR count). The van der Waals surface area contributed by atoms with Gasteiger partial charge in [-0.25, -0.2) is 0 Å². The van der Waals surface area contributed by atoms with Gasteiger partial charge in [0, 0.05) is 0 Å². The van der Waals surface area contributed by atoms with Gasteiger partial charge >= 0.3 is 0 Å². The monoisotopic (exact) mass is 360 g/mol. The second kappa shape index (κ2) is 9.51. The van der Waals surface area contributed by atoms with E-state index in [1.165, 1.54) is 77.0 Å². The molecule has 1 aliphatic carbocycles. The Labute approximate surface area is 168 Å². The quantitative estimate of drug-likeness (QED) is 0.441. The molecule has 1 heteroatoms. The van der Waals surface area contributed by atoms with E-state index >= 15 is 0 Å². The molecule has 0 aliphatic heterocycles. The van der Waals surface area contributed by atoms with E-state index in [2.05, 4.69) is 55.4 Å². The van der Waals surface area contributed by atoms with Gasteiger partial charge in [-0.2, -0.15) is 0 Å². The molecule has 2 atom stereocenters. The van der Waals surface area contributed by atoms with Crippen molar-refractivity contribution in [2.75, 3.05) is 0 Å². The molecule has 2 radical (unpaired) electrons. The van der Waals surface area contributed by atoms with Crippen molar-refractivity contribution in [2.45, 2.75) is 138 Å². The minimum atomic E-state index is -0.00428. The van der Waals surface area contributed by atoms with Crippen molar-refractivity contribution in [1.29, 1.82) is 0 Å². The summed E-state index contributed by atoms with van der Waals surface area (Å²) in [4.78, 5) is 0. The average Bonchev–Trinajstić information content (AvgIpc) is 2.48. The van der Waals surface area contributed by atoms with Crippen LogP contribution in [-0.4, -0.2) is 7.85 Å². The molecular weight excluding hydrogens is 311 g/mol. The van der Waals surface area contributed by atoms with Gasteiger partial charge in [-0.15, -0.1) is 0 Å². The van der Waals surface area contributed by atoms with Crippen LogP contribution in [0.4, 0.5) is 0 Å². The molecule has 2 unspecified atom stereocenters. The first-order valence-corrected chi connectivity index (χ1v) is 11.6. The Morgan fingerprint density at radius 3 is 1.50 bits per heavy atom. The molecule has 152 valence electrons. The van der Waals surface area contributed by atoms with Gasteiger partial charge in [0.05, 0.1) is 7.85 Å². The maximum Gasteiger partial charge on any atom is 0.0753 e. The van der Waals surface area contributed by atoms with E-state index in [4.69, 9.17) is 7.85 Å². The largest absolute Gasteiger partial charge is 0.0753 e. The molecule has 0 nitrogen and oxygen atoms in total. The molecule has 0 aromatic heterocycles. The summed E-state index contributed by atoms with van der Waals surface area (Å²) >= 11 is 0. The van der Waals surface area contributed by atoms with Gasteiger partial charge in [0.25, 0.3) is 0 Å². The maximum absolute atomic E-state index is 7.16. The van der Waals surface area contributed by atoms with E-state index in [1.807, 2.05) is 0 Å². The van der Waals surface area contributed by atoms with Crippen LogP contribution in [0.1, 0.15) is 132 Å². The summed E-state index contributed by atoms with van der Waals surface area (Å²) in [5.74, 6) is 0.798. The van der Waals surface area contributed by atoms with E-state index in [1.54, 1.807) is 0 Å². The molecule has 0 saturated heterocycles. The lowest BCUT2D eigenvalue weighted by molar-refractivity contribution is 0.125. The highest BCUT2D eigenvalue weighted by Gasteiger charge is 2.41. The maximum atomic E-state index is 7.16. The summed E-state index contributed by atoms with van der Waals surface area (Å²) in [6.45, 7) is 19.4. The van der Waals surface area contributed by atoms with Gasteiger partial charge in [-0.3, -0.25) is 0 Å². The van der Waals surface area contributed by atoms with Gasteiger partial charge in [0.15, 0.2) is 0 Å². The zero-order valence-electron chi connectivity index (χ0n) is 19.6. The minimum Gasteiger partial charge on any atom is -0.0623 e. The fourth-order valence-corrected chi connectivity index (χ4v) is 5.47. The normalized spacial score (nSPS) is 31.1. The van der Waals surface area contributed by atoms with Crippen molar-refractivity contribution >= 4 is 7.85 Å². The fraction of sp³-hybridized carbons (Fsp3) is 1.00. The lowest BCUT2D eigenvalue weighted by Crippen LogP contribution is -2.35. The molecule has 1 fully saturated rings. The Bertz CT molecular complexity index is 403. The highest BCUT2D eigenvalue weighted by atomic mass is 14.4. The Hall–Kier alpha value is 0.0649. The molecule has 0 N–H and O–H groups in total. The van der Waals surface area contributed by atoms with Gasteiger partial charge in [-0.1, -0.05) is 118 Å². The van der Waals surface area contributed by atoms with Crippen molar-refractivity contribution in [3.8, 4) is 0 Å². The van der Waals surface area contributed by atoms with E-state index in [9.17, 15) is 0 Å². The summed E-state index contributed by atoms with van der Waals surface area (Å²) < 4.78 is 0. The third kappa shape index (κ3) is 7.24. The van der Waals surface area contributed by atoms with E-state index < -0.39 is 0 Å². The minimum absolute atomic E-state index is 0.00428. The highest BCUT2D eigenvalue weighted by Crippen LogP contribution is 2.56. The summed E-state index contributed by atoms with van der Waals surface area (Å²) in [7, 11) is 7.16. The first kappa shape index (κ1) is 24.1. The first-order valence-electron chi connectivity index (χ1n) is 11.6. The van der Waals surface area contributed by atoms with E-state index in [0.717, 1.165) is 5.92 Å². The molecule has 0 heterocycles. The van der Waals surface area contributed by atoms with Crippen molar-refractivity contribution in [3.05, 3.63) is 0 Å². The zero-order chi connectivity index (χ0) is 20.1. The smallest absolute Gasteiger partial charge is 0.0623 e. The van der Waals surface area contributed by atoms with Gasteiger partial charge < -0.3 is 0 Å². The highest BCUT2D eigenvalue weighted by molar-refractivity contribution is 6.15. The number of hydrogen-bond acceptors (Lipinski definition) is 0. The Morgan fingerprint density at radius 2 is 1.12 bits per heavy atom. The fourth-order valence-electron chi connectivity index (χ4n) is 5.47. The molecule has 1 saturated carbocycles. The van der Waals surface area contributed by atoms with Crippen LogP contribution >= 0.6 is 0 Å². The van der Waals surface area contributed by atoms with Crippen LogP contribution in [0.5, 0.6) is 0 Å². The molecule has 0 bridgehead atoms. The van der Waals surface area contributed by atoms with Crippen molar-refractivity contribution < 1.29 is 0 Å². The van der Waals surface area contributed by atoms with Gasteiger partial charge in [0.2, 0.25) is 0 Å². The summed E-state index contributed by atoms with van der Waals surface area (Å²) in [5, 5.41) is -0.00428. The molecule has 0 amide bonds. The topological polar surface area (TPSA) is 0 Å². The van der Waals surface area contributed by atoms with Crippen LogP contribution in [0.2, 0.25) is 5.31 Å². The zero-order valence-corrected chi connectivity index (χ0v) is 19.6. The standard InChI is InChI=1S/C25H49B/c1-21(2)24(8)16-12-9-10-14-18-25(26,19-15-11-13-17-24)23(6,7)20-22(3,4)5/h21H,9-20H2,1-8H3. The second-order valence-electron chi connectivity index (χ2n) is 12.1. The second-order valence-corrected chi connectivity index (χ2v) is 12.1. The van der Waals surface area contributed by atoms with Crippen LogP contribution in [-0.2, 0) is 0 Å². The lowest BCUT2D eigenvalue weighted by Gasteiger charge is -2.49. The van der Waals surface area contributed by atoms with Crippen LogP contribution in [0.15, 0.2) is 0 Å². The molecule has 0 aromatic rings. The van der Waals surface area contributed by atoms with Gasteiger partial charge in [-0.05, 0) is 41.4 Å². The summed E-state index contributed by atoms with van der Waals surface area (Å²) in [6.07, 6.45) is 15.9. The van der Waals surface area contributed by atoms with Gasteiger partial charge in [0.1, 0.15) is 0 Å². The lowest BCUT2D eigenvalue weighted by atomic mass is 9.47. The molecular formula is C25H49B. The Balaban J connectivity index is 2.82. The predicted octanol–water partition coefficient (Wildman–Crippen LogP) is 8.74. The summed E-state index contributed by atoms with van der Waals surface area (Å²) in [5.41, 5.74) is 1.09. The first-order chi connectivity index (χ1) is 11.8. The van der Waals surface area contributed by atoms with Crippen LogP contribution in [0, 0.1) is 22.2 Å². The third-order valence-corrected chi connectivity index (χ3v) is 7.71. The third-order valence-electron chi connectivity index (χ3n) is 7.71. The van der Waals surface area contributed by atoms with E-state index in [-0.39, 0.29) is 10.7 Å². The predicted molar refractivity (Wildman–Crippen MR) is 120 cm³/mol. The molecule has 0 spiro atoms. The van der Waals surface area contributed by atoms with Crippen molar-refractivity contribution in [1.82, 2.24) is 0 Å². The average molecular weight is 360 g/mol. The van der Waals surface area contributed by atoms with E-state index in [0.29, 0.717) is 10.8 Å². The van der Waals surface area contributed by atoms with Crippen LogP contribution < -0.4 is 0 Å². The number of rotatable bonds is 3. The molecule has 1 aliphatic rings. The number of hydrogen-bond donors (Lipinski definition) is 0.